The Balaban J connectivity index is 1.47. The first-order valence-electron chi connectivity index (χ1n) is 9.65. The van der Waals surface area contributed by atoms with Crippen molar-refractivity contribution >= 4 is 15.9 Å². The summed E-state index contributed by atoms with van der Waals surface area (Å²) in [6.45, 7) is 7.14. The van der Waals surface area contributed by atoms with Gasteiger partial charge in [0.1, 0.15) is 6.61 Å². The summed E-state index contributed by atoms with van der Waals surface area (Å²) in [6.07, 6.45) is 4.68. The van der Waals surface area contributed by atoms with E-state index in [0.29, 0.717) is 12.4 Å². The molecule has 1 saturated heterocycles. The SMILES string of the molecule is COc1cc(CNCCCN2CCOCC2)cc(Br)c1OCc1cccnc1. The zero-order valence-electron chi connectivity index (χ0n) is 16.3. The zero-order valence-corrected chi connectivity index (χ0v) is 17.9. The fourth-order valence-corrected chi connectivity index (χ4v) is 3.74. The molecule has 7 heteroatoms. The fourth-order valence-electron chi connectivity index (χ4n) is 3.14. The summed E-state index contributed by atoms with van der Waals surface area (Å²) in [7, 11) is 1.66. The normalized spacial score (nSPS) is 14.8. The average Bonchev–Trinajstić information content (AvgIpc) is 2.74. The Labute approximate surface area is 175 Å². The molecule has 6 nitrogen and oxygen atoms in total. The topological polar surface area (TPSA) is 55.9 Å². The maximum atomic E-state index is 5.96. The van der Waals surface area contributed by atoms with Crippen molar-refractivity contribution in [2.45, 2.75) is 19.6 Å². The molecular weight excluding hydrogens is 422 g/mol. The van der Waals surface area contributed by atoms with Crippen LogP contribution >= 0.6 is 15.9 Å². The summed E-state index contributed by atoms with van der Waals surface area (Å²) in [4.78, 5) is 6.57. The van der Waals surface area contributed by atoms with E-state index in [9.17, 15) is 0 Å². The number of morpholine rings is 1. The Morgan fingerprint density at radius 1 is 1.25 bits per heavy atom. The number of aromatic nitrogens is 1. The summed E-state index contributed by atoms with van der Waals surface area (Å²) < 4.78 is 17.8. The van der Waals surface area contributed by atoms with Crippen LogP contribution in [-0.4, -0.2) is 56.4 Å². The number of rotatable bonds is 10. The van der Waals surface area contributed by atoms with E-state index in [0.717, 1.165) is 73.7 Å². The number of nitrogens with one attached hydrogen (secondary N) is 1. The van der Waals surface area contributed by atoms with E-state index in [2.05, 4.69) is 37.2 Å². The van der Waals surface area contributed by atoms with Gasteiger partial charge in [0.2, 0.25) is 0 Å². The number of halogens is 1. The number of benzene rings is 1. The average molecular weight is 450 g/mol. The van der Waals surface area contributed by atoms with E-state index in [4.69, 9.17) is 14.2 Å². The molecule has 0 atom stereocenters. The van der Waals surface area contributed by atoms with Crippen LogP contribution in [0, 0.1) is 0 Å². The van der Waals surface area contributed by atoms with Crippen molar-refractivity contribution in [3.05, 3.63) is 52.3 Å². The molecule has 152 valence electrons. The lowest BCUT2D eigenvalue weighted by Gasteiger charge is -2.26. The molecule has 3 rings (SSSR count). The molecule has 0 radical (unpaired) electrons. The minimum absolute atomic E-state index is 0.446. The van der Waals surface area contributed by atoms with Gasteiger partial charge < -0.3 is 19.5 Å². The van der Waals surface area contributed by atoms with Crippen LogP contribution in [0.1, 0.15) is 17.5 Å². The quantitative estimate of drug-likeness (QED) is 0.561. The largest absolute Gasteiger partial charge is 0.493 e. The number of ether oxygens (including phenoxy) is 3. The smallest absolute Gasteiger partial charge is 0.175 e. The Morgan fingerprint density at radius 3 is 2.86 bits per heavy atom. The summed E-state index contributed by atoms with van der Waals surface area (Å²) in [5.74, 6) is 1.44. The molecule has 0 bridgehead atoms. The predicted octanol–water partition coefficient (Wildman–Crippen LogP) is 3.24. The molecule has 1 aromatic carbocycles. The summed E-state index contributed by atoms with van der Waals surface area (Å²) in [5, 5.41) is 3.51. The lowest BCUT2D eigenvalue weighted by molar-refractivity contribution is 0.0374. The van der Waals surface area contributed by atoms with Gasteiger partial charge in [0, 0.05) is 37.6 Å². The van der Waals surface area contributed by atoms with Gasteiger partial charge in [0.05, 0.1) is 24.8 Å². The van der Waals surface area contributed by atoms with E-state index in [1.54, 1.807) is 19.5 Å². The van der Waals surface area contributed by atoms with Crippen LogP contribution in [0.4, 0.5) is 0 Å². The van der Waals surface area contributed by atoms with Crippen molar-refractivity contribution in [1.29, 1.82) is 0 Å². The maximum Gasteiger partial charge on any atom is 0.175 e. The van der Waals surface area contributed by atoms with E-state index < -0.39 is 0 Å². The predicted molar refractivity (Wildman–Crippen MR) is 113 cm³/mol. The highest BCUT2D eigenvalue weighted by atomic mass is 79.9. The molecule has 0 amide bonds. The summed E-state index contributed by atoms with van der Waals surface area (Å²) >= 11 is 3.62. The molecule has 2 aromatic rings. The van der Waals surface area contributed by atoms with Crippen molar-refractivity contribution < 1.29 is 14.2 Å². The summed E-state index contributed by atoms with van der Waals surface area (Å²) in [6, 6.07) is 8.00. The molecule has 1 aliphatic rings. The minimum Gasteiger partial charge on any atom is -0.493 e. The first-order chi connectivity index (χ1) is 13.8. The van der Waals surface area contributed by atoms with Crippen molar-refractivity contribution in [1.82, 2.24) is 15.2 Å². The van der Waals surface area contributed by atoms with Crippen LogP contribution in [0.5, 0.6) is 11.5 Å². The molecule has 1 N–H and O–H groups in total. The standard InChI is InChI=1S/C21H28BrN3O3/c1-26-20-13-18(15-24-6-3-7-25-8-10-27-11-9-25)12-19(22)21(20)28-16-17-4-2-5-23-14-17/h2,4-5,12-14,24H,3,6-11,15-16H2,1H3. The van der Waals surface area contributed by atoms with Gasteiger partial charge in [0.25, 0.3) is 0 Å². The van der Waals surface area contributed by atoms with E-state index in [1.165, 1.54) is 0 Å². The second-order valence-electron chi connectivity index (χ2n) is 6.74. The molecule has 1 aliphatic heterocycles. The number of nitrogens with zero attached hydrogens (tertiary/aromatic N) is 2. The number of hydrogen-bond donors (Lipinski definition) is 1. The van der Waals surface area contributed by atoms with Gasteiger partial charge in [-0.05, 0) is 59.2 Å². The number of hydrogen-bond acceptors (Lipinski definition) is 6. The van der Waals surface area contributed by atoms with Crippen molar-refractivity contribution in [2.24, 2.45) is 0 Å². The Bertz CT molecular complexity index is 724. The van der Waals surface area contributed by atoms with Crippen molar-refractivity contribution in [2.75, 3.05) is 46.5 Å². The van der Waals surface area contributed by atoms with Gasteiger partial charge >= 0.3 is 0 Å². The van der Waals surface area contributed by atoms with Crippen molar-refractivity contribution in [3.8, 4) is 11.5 Å². The van der Waals surface area contributed by atoms with Gasteiger partial charge in [-0.3, -0.25) is 9.88 Å². The number of pyridine rings is 1. The molecular formula is C21H28BrN3O3. The third kappa shape index (κ3) is 6.44. The van der Waals surface area contributed by atoms with Gasteiger partial charge in [-0.25, -0.2) is 0 Å². The van der Waals surface area contributed by atoms with Crippen LogP contribution in [0.15, 0.2) is 41.1 Å². The van der Waals surface area contributed by atoms with Crippen LogP contribution in [0.2, 0.25) is 0 Å². The van der Waals surface area contributed by atoms with Crippen LogP contribution in [-0.2, 0) is 17.9 Å². The first kappa shape index (κ1) is 21.0. The third-order valence-electron chi connectivity index (χ3n) is 4.66. The van der Waals surface area contributed by atoms with Crippen LogP contribution in [0.25, 0.3) is 0 Å². The Morgan fingerprint density at radius 2 is 2.11 bits per heavy atom. The highest BCUT2D eigenvalue weighted by molar-refractivity contribution is 9.10. The molecule has 28 heavy (non-hydrogen) atoms. The molecule has 0 unspecified atom stereocenters. The second-order valence-corrected chi connectivity index (χ2v) is 7.60. The van der Waals surface area contributed by atoms with Gasteiger partial charge in [-0.15, -0.1) is 0 Å². The van der Waals surface area contributed by atoms with E-state index in [-0.39, 0.29) is 0 Å². The van der Waals surface area contributed by atoms with Crippen molar-refractivity contribution in [3.63, 3.8) is 0 Å². The second kappa shape index (κ2) is 11.4. The summed E-state index contributed by atoms with van der Waals surface area (Å²) in [5.41, 5.74) is 2.17. The maximum absolute atomic E-state index is 5.96. The minimum atomic E-state index is 0.446. The lowest BCUT2D eigenvalue weighted by Crippen LogP contribution is -2.37. The Kier molecular flexibility index (Phi) is 8.54. The van der Waals surface area contributed by atoms with E-state index in [1.807, 2.05) is 18.2 Å². The Hall–Kier alpha value is -1.67. The van der Waals surface area contributed by atoms with Gasteiger partial charge in [-0.1, -0.05) is 6.07 Å². The molecule has 0 spiro atoms. The zero-order chi connectivity index (χ0) is 19.6. The van der Waals surface area contributed by atoms with Gasteiger partial charge in [-0.2, -0.15) is 0 Å². The fraction of sp³-hybridized carbons (Fsp3) is 0.476. The highest BCUT2D eigenvalue weighted by Crippen LogP contribution is 2.37. The lowest BCUT2D eigenvalue weighted by atomic mass is 10.2. The molecule has 1 fully saturated rings. The van der Waals surface area contributed by atoms with E-state index >= 15 is 0 Å². The highest BCUT2D eigenvalue weighted by Gasteiger charge is 2.13. The van der Waals surface area contributed by atoms with Crippen LogP contribution in [0.3, 0.4) is 0 Å². The number of methoxy groups -OCH3 is 1. The van der Waals surface area contributed by atoms with Crippen LogP contribution < -0.4 is 14.8 Å². The first-order valence-corrected chi connectivity index (χ1v) is 10.4. The molecule has 0 saturated carbocycles. The third-order valence-corrected chi connectivity index (χ3v) is 5.24. The molecule has 1 aromatic heterocycles. The van der Waals surface area contributed by atoms with Gasteiger partial charge in [0.15, 0.2) is 11.5 Å². The molecule has 0 aliphatic carbocycles. The molecule has 2 heterocycles. The monoisotopic (exact) mass is 449 g/mol.